The van der Waals surface area contributed by atoms with Crippen molar-refractivity contribution in [2.45, 2.75) is 19.6 Å². The van der Waals surface area contributed by atoms with Crippen molar-refractivity contribution in [1.82, 2.24) is 4.90 Å². The van der Waals surface area contributed by atoms with Crippen molar-refractivity contribution in [3.8, 4) is 0 Å². The number of methoxy groups -OCH3 is 1. The molecule has 1 saturated heterocycles. The van der Waals surface area contributed by atoms with Crippen molar-refractivity contribution in [3.63, 3.8) is 0 Å². The molecule has 2 aromatic carbocycles. The zero-order valence-electron chi connectivity index (χ0n) is 14.2. The lowest BCUT2D eigenvalue weighted by Gasteiger charge is -2.33. The average molecular weight is 325 g/mol. The lowest BCUT2D eigenvalue weighted by Crippen LogP contribution is -2.37. The van der Waals surface area contributed by atoms with Crippen LogP contribution in [0.3, 0.4) is 0 Å². The SMILES string of the molecule is COC(=O)c1ccc(C2CN(Cc3ccccc3)CCO2)cc1C. The number of rotatable bonds is 4. The van der Waals surface area contributed by atoms with Gasteiger partial charge in [-0.05, 0) is 29.7 Å². The molecule has 24 heavy (non-hydrogen) atoms. The van der Waals surface area contributed by atoms with Crippen LogP contribution < -0.4 is 0 Å². The van der Waals surface area contributed by atoms with Gasteiger partial charge in [0.05, 0.1) is 25.4 Å². The normalized spacial score (nSPS) is 18.3. The molecule has 126 valence electrons. The maximum atomic E-state index is 11.7. The molecule has 1 aliphatic rings. The van der Waals surface area contributed by atoms with E-state index in [-0.39, 0.29) is 12.1 Å². The van der Waals surface area contributed by atoms with E-state index in [0.717, 1.165) is 37.4 Å². The van der Waals surface area contributed by atoms with Crippen molar-refractivity contribution in [3.05, 3.63) is 70.8 Å². The minimum absolute atomic E-state index is 0.0351. The fourth-order valence-corrected chi connectivity index (χ4v) is 3.12. The standard InChI is InChI=1S/C20H23NO3/c1-15-12-17(8-9-18(15)20(22)23-2)19-14-21(10-11-24-19)13-16-6-4-3-5-7-16/h3-9,12,19H,10-11,13-14H2,1-2H3. The van der Waals surface area contributed by atoms with E-state index in [1.54, 1.807) is 0 Å². The minimum Gasteiger partial charge on any atom is -0.465 e. The summed E-state index contributed by atoms with van der Waals surface area (Å²) in [6.45, 7) is 5.37. The highest BCUT2D eigenvalue weighted by Gasteiger charge is 2.23. The van der Waals surface area contributed by atoms with E-state index in [1.165, 1.54) is 12.7 Å². The third-order valence-corrected chi connectivity index (χ3v) is 4.43. The van der Waals surface area contributed by atoms with Gasteiger partial charge in [-0.2, -0.15) is 0 Å². The summed E-state index contributed by atoms with van der Waals surface area (Å²) in [5, 5.41) is 0. The van der Waals surface area contributed by atoms with Gasteiger partial charge in [0, 0.05) is 19.6 Å². The molecule has 0 aromatic heterocycles. The number of carbonyl (C=O) groups is 1. The number of aryl methyl sites for hydroxylation is 1. The summed E-state index contributed by atoms with van der Waals surface area (Å²) in [7, 11) is 1.40. The number of hydrogen-bond acceptors (Lipinski definition) is 4. The molecule has 1 aliphatic heterocycles. The molecule has 1 unspecified atom stereocenters. The molecular formula is C20H23NO3. The Morgan fingerprint density at radius 1 is 1.25 bits per heavy atom. The number of ether oxygens (including phenoxy) is 2. The van der Waals surface area contributed by atoms with Crippen LogP contribution >= 0.6 is 0 Å². The van der Waals surface area contributed by atoms with Crippen LogP contribution in [0.1, 0.15) is 33.2 Å². The van der Waals surface area contributed by atoms with E-state index >= 15 is 0 Å². The van der Waals surface area contributed by atoms with Gasteiger partial charge in [0.1, 0.15) is 0 Å². The Kier molecular flexibility index (Phi) is 5.28. The lowest BCUT2D eigenvalue weighted by molar-refractivity contribution is -0.0329. The number of benzene rings is 2. The molecule has 0 aliphatic carbocycles. The van der Waals surface area contributed by atoms with Crippen molar-refractivity contribution in [2.75, 3.05) is 26.8 Å². The highest BCUT2D eigenvalue weighted by atomic mass is 16.5. The van der Waals surface area contributed by atoms with Crippen LogP contribution in [0.2, 0.25) is 0 Å². The van der Waals surface area contributed by atoms with Crippen molar-refractivity contribution in [2.24, 2.45) is 0 Å². The van der Waals surface area contributed by atoms with Crippen LogP contribution in [-0.2, 0) is 16.0 Å². The van der Waals surface area contributed by atoms with E-state index in [2.05, 4.69) is 29.2 Å². The van der Waals surface area contributed by atoms with Crippen LogP contribution in [0.15, 0.2) is 48.5 Å². The highest BCUT2D eigenvalue weighted by molar-refractivity contribution is 5.91. The molecule has 1 atom stereocenters. The fourth-order valence-electron chi connectivity index (χ4n) is 3.12. The number of morpholine rings is 1. The van der Waals surface area contributed by atoms with Gasteiger partial charge in [-0.3, -0.25) is 4.90 Å². The first-order valence-electron chi connectivity index (χ1n) is 8.24. The number of hydrogen-bond donors (Lipinski definition) is 0. The molecule has 1 fully saturated rings. The molecule has 4 heteroatoms. The molecule has 3 rings (SSSR count). The van der Waals surface area contributed by atoms with Gasteiger partial charge in [-0.15, -0.1) is 0 Å². The Hall–Kier alpha value is -2.17. The molecule has 0 amide bonds. The monoisotopic (exact) mass is 325 g/mol. The summed E-state index contributed by atoms with van der Waals surface area (Å²) >= 11 is 0. The van der Waals surface area contributed by atoms with Crippen LogP contribution in [0, 0.1) is 6.92 Å². The second-order valence-electron chi connectivity index (χ2n) is 6.15. The summed E-state index contributed by atoms with van der Waals surface area (Å²) in [6, 6.07) is 16.3. The number of esters is 1. The Balaban J connectivity index is 1.70. The minimum atomic E-state index is -0.297. The third-order valence-electron chi connectivity index (χ3n) is 4.43. The van der Waals surface area contributed by atoms with E-state index in [1.807, 2.05) is 31.2 Å². The largest absolute Gasteiger partial charge is 0.465 e. The zero-order chi connectivity index (χ0) is 16.9. The molecular weight excluding hydrogens is 302 g/mol. The first kappa shape index (κ1) is 16.7. The smallest absolute Gasteiger partial charge is 0.338 e. The Bertz CT molecular complexity index is 699. The topological polar surface area (TPSA) is 38.8 Å². The molecule has 0 N–H and O–H groups in total. The Morgan fingerprint density at radius 3 is 2.75 bits per heavy atom. The van der Waals surface area contributed by atoms with E-state index in [9.17, 15) is 4.79 Å². The first-order valence-corrected chi connectivity index (χ1v) is 8.24. The molecule has 2 aromatic rings. The van der Waals surface area contributed by atoms with Gasteiger partial charge < -0.3 is 9.47 Å². The Labute approximate surface area is 143 Å². The summed E-state index contributed by atoms with van der Waals surface area (Å²) < 4.78 is 10.8. The predicted octanol–water partition coefficient (Wildman–Crippen LogP) is 3.36. The molecule has 0 saturated carbocycles. The van der Waals surface area contributed by atoms with Gasteiger partial charge in [-0.1, -0.05) is 42.5 Å². The van der Waals surface area contributed by atoms with Gasteiger partial charge >= 0.3 is 5.97 Å². The molecule has 1 heterocycles. The average Bonchev–Trinajstić information content (AvgIpc) is 2.62. The second-order valence-corrected chi connectivity index (χ2v) is 6.15. The van der Waals surface area contributed by atoms with Crippen LogP contribution in [0.25, 0.3) is 0 Å². The van der Waals surface area contributed by atoms with Crippen LogP contribution in [0.4, 0.5) is 0 Å². The van der Waals surface area contributed by atoms with E-state index < -0.39 is 0 Å². The summed E-state index contributed by atoms with van der Waals surface area (Å²) in [4.78, 5) is 14.1. The lowest BCUT2D eigenvalue weighted by atomic mass is 10.0. The molecule has 0 radical (unpaired) electrons. The molecule has 4 nitrogen and oxygen atoms in total. The van der Waals surface area contributed by atoms with Gasteiger partial charge in [0.2, 0.25) is 0 Å². The Morgan fingerprint density at radius 2 is 2.04 bits per heavy atom. The molecule has 0 bridgehead atoms. The maximum absolute atomic E-state index is 11.7. The quantitative estimate of drug-likeness (QED) is 0.808. The summed E-state index contributed by atoms with van der Waals surface area (Å²) in [5.74, 6) is -0.297. The van der Waals surface area contributed by atoms with Crippen molar-refractivity contribution >= 4 is 5.97 Å². The maximum Gasteiger partial charge on any atom is 0.338 e. The van der Waals surface area contributed by atoms with Crippen LogP contribution in [0.5, 0.6) is 0 Å². The van der Waals surface area contributed by atoms with E-state index in [4.69, 9.17) is 9.47 Å². The number of nitrogens with zero attached hydrogens (tertiary/aromatic N) is 1. The van der Waals surface area contributed by atoms with Gasteiger partial charge in [0.15, 0.2) is 0 Å². The first-order chi connectivity index (χ1) is 11.7. The number of carbonyl (C=O) groups excluding carboxylic acids is 1. The van der Waals surface area contributed by atoms with Crippen LogP contribution in [-0.4, -0.2) is 37.7 Å². The second kappa shape index (κ2) is 7.60. The van der Waals surface area contributed by atoms with Gasteiger partial charge in [0.25, 0.3) is 0 Å². The summed E-state index contributed by atoms with van der Waals surface area (Å²) in [6.07, 6.45) is 0.0351. The third kappa shape index (κ3) is 3.83. The van der Waals surface area contributed by atoms with Gasteiger partial charge in [-0.25, -0.2) is 4.79 Å². The zero-order valence-corrected chi connectivity index (χ0v) is 14.2. The van der Waals surface area contributed by atoms with E-state index in [0.29, 0.717) is 5.56 Å². The highest BCUT2D eigenvalue weighted by Crippen LogP contribution is 2.25. The molecule has 0 spiro atoms. The van der Waals surface area contributed by atoms with Crippen molar-refractivity contribution in [1.29, 1.82) is 0 Å². The van der Waals surface area contributed by atoms with Crippen molar-refractivity contribution < 1.29 is 14.3 Å². The predicted molar refractivity (Wildman–Crippen MR) is 92.9 cm³/mol. The summed E-state index contributed by atoms with van der Waals surface area (Å²) in [5.41, 5.74) is 3.95. The fraction of sp³-hybridized carbons (Fsp3) is 0.350.